The molecule has 1 saturated carbocycles. The van der Waals surface area contributed by atoms with Crippen LogP contribution in [0.25, 0.3) is 5.57 Å². The van der Waals surface area contributed by atoms with Crippen LogP contribution in [0.1, 0.15) is 37.8 Å². The molecule has 1 spiro atoms. The molecule has 88 valence electrons. The number of ketones is 1. The van der Waals surface area contributed by atoms with Crippen molar-refractivity contribution in [1.29, 1.82) is 0 Å². The van der Waals surface area contributed by atoms with Gasteiger partial charge >= 0.3 is 0 Å². The van der Waals surface area contributed by atoms with Crippen LogP contribution in [0.3, 0.4) is 0 Å². The number of hydrogen-bond donors (Lipinski definition) is 1. The molecule has 0 radical (unpaired) electrons. The van der Waals surface area contributed by atoms with Gasteiger partial charge in [-0.1, -0.05) is 30.3 Å². The number of carbonyl (C=O) groups is 1. The number of hydrogen-bond acceptors (Lipinski definition) is 2. The van der Waals surface area contributed by atoms with Crippen molar-refractivity contribution in [1.82, 2.24) is 0 Å². The molecule has 2 nitrogen and oxygen atoms in total. The summed E-state index contributed by atoms with van der Waals surface area (Å²) < 4.78 is 0. The molecule has 2 aliphatic carbocycles. The third-order valence-electron chi connectivity index (χ3n) is 4.39. The summed E-state index contributed by atoms with van der Waals surface area (Å²) >= 11 is 0. The largest absolute Gasteiger partial charge is 0.381 e. The van der Waals surface area contributed by atoms with Crippen molar-refractivity contribution in [3.8, 4) is 0 Å². The molecule has 1 unspecified atom stereocenters. The molecular weight excluding hydrogens is 212 g/mol. The monoisotopic (exact) mass is 228 g/mol. The van der Waals surface area contributed by atoms with E-state index in [1.165, 1.54) is 0 Å². The molecule has 2 heteroatoms. The number of allylic oxidation sites excluding steroid dienone is 1. The lowest BCUT2D eigenvalue weighted by atomic mass is 9.67. The minimum atomic E-state index is -1.25. The highest BCUT2D eigenvalue weighted by Gasteiger charge is 2.64. The van der Waals surface area contributed by atoms with E-state index >= 15 is 0 Å². The fraction of sp³-hybridized carbons (Fsp3) is 0.400. The van der Waals surface area contributed by atoms with Crippen LogP contribution in [-0.2, 0) is 10.2 Å². The fourth-order valence-electron chi connectivity index (χ4n) is 3.17. The van der Waals surface area contributed by atoms with E-state index in [0.29, 0.717) is 5.57 Å². The zero-order valence-corrected chi connectivity index (χ0v) is 10.2. The van der Waals surface area contributed by atoms with Crippen LogP contribution in [0.2, 0.25) is 0 Å². The zero-order chi connectivity index (χ0) is 12.3. The van der Waals surface area contributed by atoms with E-state index in [1.54, 1.807) is 6.92 Å². The quantitative estimate of drug-likeness (QED) is 0.692. The van der Waals surface area contributed by atoms with Crippen LogP contribution >= 0.6 is 0 Å². The molecule has 2 aliphatic rings. The first-order valence-electron chi connectivity index (χ1n) is 6.08. The second-order valence-electron chi connectivity index (χ2n) is 5.23. The maximum absolute atomic E-state index is 12.4. The van der Waals surface area contributed by atoms with Crippen molar-refractivity contribution in [2.45, 2.75) is 37.7 Å². The van der Waals surface area contributed by atoms with Gasteiger partial charge in [0, 0.05) is 11.0 Å². The van der Waals surface area contributed by atoms with Gasteiger partial charge in [0.1, 0.15) is 5.60 Å². The molecule has 1 aromatic carbocycles. The van der Waals surface area contributed by atoms with Gasteiger partial charge in [0.25, 0.3) is 0 Å². The maximum atomic E-state index is 12.4. The Balaban J connectivity index is 2.33. The summed E-state index contributed by atoms with van der Waals surface area (Å²) in [7, 11) is 0. The summed E-state index contributed by atoms with van der Waals surface area (Å²) in [5, 5.41) is 10.6. The summed E-state index contributed by atoms with van der Waals surface area (Å²) in [6.45, 7) is 3.52. The van der Waals surface area contributed by atoms with Crippen LogP contribution in [-0.4, -0.2) is 16.5 Å². The number of benzene rings is 1. The topological polar surface area (TPSA) is 37.3 Å². The summed E-state index contributed by atoms with van der Waals surface area (Å²) in [5.74, 6) is -0.129. The molecule has 0 aliphatic heterocycles. The minimum Gasteiger partial charge on any atom is -0.381 e. The molecule has 3 rings (SSSR count). The second kappa shape index (κ2) is 3.08. The van der Waals surface area contributed by atoms with Crippen molar-refractivity contribution in [2.24, 2.45) is 0 Å². The van der Waals surface area contributed by atoms with Gasteiger partial charge in [0.15, 0.2) is 5.78 Å². The molecule has 1 aromatic rings. The first-order chi connectivity index (χ1) is 8.04. The van der Waals surface area contributed by atoms with Gasteiger partial charge in [-0.15, -0.1) is 0 Å². The summed E-state index contributed by atoms with van der Waals surface area (Å²) in [6.07, 6.45) is 3.62. The van der Waals surface area contributed by atoms with Crippen molar-refractivity contribution < 1.29 is 9.90 Å². The molecule has 0 saturated heterocycles. The molecule has 0 aromatic heterocycles. The number of aliphatic hydroxyl groups is 1. The lowest BCUT2D eigenvalue weighted by Crippen LogP contribution is -2.50. The van der Waals surface area contributed by atoms with Gasteiger partial charge in [0.2, 0.25) is 0 Å². The van der Waals surface area contributed by atoms with Gasteiger partial charge in [-0.3, -0.25) is 4.79 Å². The average molecular weight is 228 g/mol. The minimum absolute atomic E-state index is 0.129. The summed E-state index contributed by atoms with van der Waals surface area (Å²) in [4.78, 5) is 12.4. The Kier molecular flexibility index (Phi) is 1.94. The SMILES string of the molecule is C/C=C1/C(=O)C(C)(O)C2(CC2)c2ccccc21. The predicted octanol–water partition coefficient (Wildman–Crippen LogP) is 2.46. The lowest BCUT2D eigenvalue weighted by Gasteiger charge is -2.39. The van der Waals surface area contributed by atoms with E-state index < -0.39 is 5.60 Å². The number of fused-ring (bicyclic) bond motifs is 2. The molecule has 1 N–H and O–H groups in total. The first kappa shape index (κ1) is 10.7. The highest BCUT2D eigenvalue weighted by molar-refractivity contribution is 6.27. The highest BCUT2D eigenvalue weighted by Crippen LogP contribution is 2.60. The molecule has 1 fully saturated rings. The molecular formula is C15H16O2. The Bertz CT molecular complexity index is 534. The predicted molar refractivity (Wildman–Crippen MR) is 66.6 cm³/mol. The zero-order valence-electron chi connectivity index (χ0n) is 10.2. The van der Waals surface area contributed by atoms with E-state index in [4.69, 9.17) is 0 Å². The van der Waals surface area contributed by atoms with Gasteiger partial charge < -0.3 is 5.11 Å². The van der Waals surface area contributed by atoms with E-state index in [0.717, 1.165) is 24.0 Å². The fourth-order valence-corrected chi connectivity index (χ4v) is 3.17. The van der Waals surface area contributed by atoms with E-state index in [-0.39, 0.29) is 11.2 Å². The molecule has 0 heterocycles. The van der Waals surface area contributed by atoms with Crippen LogP contribution in [0, 0.1) is 0 Å². The Morgan fingerprint density at radius 1 is 1.29 bits per heavy atom. The third kappa shape index (κ3) is 1.11. The third-order valence-corrected chi connectivity index (χ3v) is 4.39. The van der Waals surface area contributed by atoms with Crippen LogP contribution in [0.5, 0.6) is 0 Å². The van der Waals surface area contributed by atoms with E-state index in [1.807, 2.05) is 37.3 Å². The second-order valence-corrected chi connectivity index (χ2v) is 5.23. The molecule has 17 heavy (non-hydrogen) atoms. The molecule has 1 atom stereocenters. The maximum Gasteiger partial charge on any atom is 0.195 e. The van der Waals surface area contributed by atoms with Crippen molar-refractivity contribution in [3.63, 3.8) is 0 Å². The number of carbonyl (C=O) groups excluding carboxylic acids is 1. The smallest absolute Gasteiger partial charge is 0.195 e. The normalized spacial score (nSPS) is 31.7. The standard InChI is InChI=1S/C15H16O2/c1-3-10-11-6-4-5-7-12(11)15(8-9-15)14(2,17)13(10)16/h3-7,17H,8-9H2,1-2H3/b10-3+. The van der Waals surface area contributed by atoms with Crippen LogP contribution in [0.4, 0.5) is 0 Å². The highest BCUT2D eigenvalue weighted by atomic mass is 16.3. The van der Waals surface area contributed by atoms with Gasteiger partial charge in [0.05, 0.1) is 0 Å². The number of Topliss-reactive ketones (excluding diaryl/α,β-unsaturated/α-hetero) is 1. The van der Waals surface area contributed by atoms with Gasteiger partial charge in [-0.25, -0.2) is 0 Å². The molecule has 0 bridgehead atoms. The van der Waals surface area contributed by atoms with Crippen molar-refractivity contribution >= 4 is 11.4 Å². The lowest BCUT2D eigenvalue weighted by molar-refractivity contribution is -0.133. The Morgan fingerprint density at radius 3 is 2.53 bits per heavy atom. The van der Waals surface area contributed by atoms with Gasteiger partial charge in [-0.05, 0) is 37.8 Å². The first-order valence-corrected chi connectivity index (χ1v) is 6.08. The van der Waals surface area contributed by atoms with Crippen molar-refractivity contribution in [2.75, 3.05) is 0 Å². The summed E-state index contributed by atoms with van der Waals surface area (Å²) in [6, 6.07) is 7.97. The van der Waals surface area contributed by atoms with Crippen LogP contribution < -0.4 is 0 Å². The number of rotatable bonds is 0. The Morgan fingerprint density at radius 2 is 1.94 bits per heavy atom. The van der Waals surface area contributed by atoms with Crippen LogP contribution in [0.15, 0.2) is 30.3 Å². The van der Waals surface area contributed by atoms with Gasteiger partial charge in [-0.2, -0.15) is 0 Å². The average Bonchev–Trinajstić information content (AvgIpc) is 3.10. The van der Waals surface area contributed by atoms with E-state index in [2.05, 4.69) is 0 Å². The van der Waals surface area contributed by atoms with Crippen molar-refractivity contribution in [3.05, 3.63) is 41.5 Å². The van der Waals surface area contributed by atoms with E-state index in [9.17, 15) is 9.90 Å². The Hall–Kier alpha value is -1.41. The Labute approximate surface area is 101 Å². The summed E-state index contributed by atoms with van der Waals surface area (Å²) in [5.41, 5.74) is 1.22. The molecule has 0 amide bonds.